The Bertz CT molecular complexity index is 320. The van der Waals surface area contributed by atoms with Crippen LogP contribution in [-0.2, 0) is 6.42 Å². The topological polar surface area (TPSA) is 50.9 Å². The number of nitrogens with zero attached hydrogens (tertiary/aromatic N) is 1. The normalized spacial score (nSPS) is 17.7. The summed E-state index contributed by atoms with van der Waals surface area (Å²) in [6.45, 7) is 0. The molecular formula is C12H19N3. The van der Waals surface area contributed by atoms with Crippen LogP contribution in [0.15, 0.2) is 18.3 Å². The van der Waals surface area contributed by atoms with Gasteiger partial charge in [-0.1, -0.05) is 6.07 Å². The number of hydrogen-bond donors (Lipinski definition) is 2. The third-order valence-electron chi connectivity index (χ3n) is 3.21. The molecule has 0 spiro atoms. The van der Waals surface area contributed by atoms with Crippen LogP contribution in [0.3, 0.4) is 0 Å². The average Bonchev–Trinajstić information content (AvgIpc) is 3.06. The first-order valence-electron chi connectivity index (χ1n) is 5.68. The SMILES string of the molecule is CNC(CCc1cccnc1N)C1CC1. The van der Waals surface area contributed by atoms with Gasteiger partial charge < -0.3 is 11.1 Å². The van der Waals surface area contributed by atoms with Gasteiger partial charge >= 0.3 is 0 Å². The zero-order valence-corrected chi connectivity index (χ0v) is 9.24. The molecule has 0 bridgehead atoms. The maximum Gasteiger partial charge on any atom is 0.126 e. The van der Waals surface area contributed by atoms with Gasteiger partial charge in [0, 0.05) is 12.2 Å². The first-order valence-corrected chi connectivity index (χ1v) is 5.68. The van der Waals surface area contributed by atoms with E-state index in [1.165, 1.54) is 18.4 Å². The molecule has 3 nitrogen and oxygen atoms in total. The summed E-state index contributed by atoms with van der Waals surface area (Å²) in [5, 5.41) is 3.39. The molecule has 3 N–H and O–H groups in total. The molecule has 1 heterocycles. The molecule has 15 heavy (non-hydrogen) atoms. The molecule has 82 valence electrons. The van der Waals surface area contributed by atoms with Crippen LogP contribution in [0.1, 0.15) is 24.8 Å². The third kappa shape index (κ3) is 2.69. The van der Waals surface area contributed by atoms with Crippen LogP contribution in [-0.4, -0.2) is 18.1 Å². The quantitative estimate of drug-likeness (QED) is 0.767. The van der Waals surface area contributed by atoms with Gasteiger partial charge in [0.15, 0.2) is 0 Å². The zero-order chi connectivity index (χ0) is 10.7. The smallest absolute Gasteiger partial charge is 0.126 e. The van der Waals surface area contributed by atoms with Crippen LogP contribution in [0.2, 0.25) is 0 Å². The molecule has 1 unspecified atom stereocenters. The fraction of sp³-hybridized carbons (Fsp3) is 0.583. The number of anilines is 1. The standard InChI is InChI=1S/C12H19N3/c1-14-11(9-4-5-9)7-6-10-3-2-8-15-12(10)13/h2-3,8-9,11,14H,4-7H2,1H3,(H2,13,15). The van der Waals surface area contributed by atoms with E-state index in [0.29, 0.717) is 11.9 Å². The van der Waals surface area contributed by atoms with E-state index >= 15 is 0 Å². The molecule has 1 aromatic rings. The lowest BCUT2D eigenvalue weighted by Crippen LogP contribution is -2.27. The highest BCUT2D eigenvalue weighted by Gasteiger charge is 2.29. The van der Waals surface area contributed by atoms with Crippen molar-refractivity contribution in [2.75, 3.05) is 12.8 Å². The second-order valence-corrected chi connectivity index (χ2v) is 4.32. The lowest BCUT2D eigenvalue weighted by molar-refractivity contribution is 0.470. The largest absolute Gasteiger partial charge is 0.383 e. The molecule has 0 aliphatic heterocycles. The molecule has 0 aromatic carbocycles. The van der Waals surface area contributed by atoms with Crippen LogP contribution in [0.4, 0.5) is 5.82 Å². The van der Waals surface area contributed by atoms with Gasteiger partial charge in [-0.25, -0.2) is 4.98 Å². The molecule has 0 amide bonds. The summed E-state index contributed by atoms with van der Waals surface area (Å²) in [7, 11) is 2.05. The Morgan fingerprint density at radius 2 is 2.40 bits per heavy atom. The van der Waals surface area contributed by atoms with E-state index in [1.807, 2.05) is 6.07 Å². The molecule has 3 heteroatoms. The van der Waals surface area contributed by atoms with E-state index in [1.54, 1.807) is 6.20 Å². The van der Waals surface area contributed by atoms with E-state index in [4.69, 9.17) is 5.73 Å². The fourth-order valence-electron chi connectivity index (χ4n) is 2.09. The molecule has 1 saturated carbocycles. The highest BCUT2D eigenvalue weighted by Crippen LogP contribution is 2.34. The first-order chi connectivity index (χ1) is 7.31. The van der Waals surface area contributed by atoms with Crippen LogP contribution in [0, 0.1) is 5.92 Å². The van der Waals surface area contributed by atoms with Gasteiger partial charge in [0.2, 0.25) is 0 Å². The molecule has 1 aliphatic rings. The molecule has 1 fully saturated rings. The number of nitrogens with two attached hydrogens (primary N) is 1. The van der Waals surface area contributed by atoms with E-state index in [0.717, 1.165) is 18.8 Å². The molecular weight excluding hydrogens is 186 g/mol. The van der Waals surface area contributed by atoms with Gasteiger partial charge in [-0.05, 0) is 50.3 Å². The summed E-state index contributed by atoms with van der Waals surface area (Å²) >= 11 is 0. The van der Waals surface area contributed by atoms with E-state index in [2.05, 4.69) is 23.4 Å². The minimum atomic E-state index is 0.657. The summed E-state index contributed by atoms with van der Waals surface area (Å²) in [5.41, 5.74) is 6.99. The Balaban J connectivity index is 1.89. The second kappa shape index (κ2) is 4.62. The highest BCUT2D eigenvalue weighted by molar-refractivity contribution is 5.38. The predicted molar refractivity (Wildman–Crippen MR) is 62.5 cm³/mol. The zero-order valence-electron chi connectivity index (χ0n) is 9.24. The maximum absolute atomic E-state index is 5.81. The summed E-state index contributed by atoms with van der Waals surface area (Å²) in [4.78, 5) is 4.10. The first kappa shape index (κ1) is 10.4. The average molecular weight is 205 g/mol. The molecule has 0 saturated heterocycles. The van der Waals surface area contributed by atoms with Crippen LogP contribution >= 0.6 is 0 Å². The molecule has 1 aliphatic carbocycles. The monoisotopic (exact) mass is 205 g/mol. The number of pyridine rings is 1. The Kier molecular flexibility index (Phi) is 3.21. The number of hydrogen-bond acceptors (Lipinski definition) is 3. The number of nitrogens with one attached hydrogen (secondary N) is 1. The molecule has 2 rings (SSSR count). The minimum Gasteiger partial charge on any atom is -0.383 e. The van der Waals surface area contributed by atoms with Crippen molar-refractivity contribution in [3.05, 3.63) is 23.9 Å². The van der Waals surface area contributed by atoms with Gasteiger partial charge in [-0.3, -0.25) is 0 Å². The Labute approximate surface area is 91.1 Å². The van der Waals surface area contributed by atoms with Crippen molar-refractivity contribution in [1.29, 1.82) is 0 Å². The van der Waals surface area contributed by atoms with Crippen LogP contribution in [0.5, 0.6) is 0 Å². The number of rotatable bonds is 5. The van der Waals surface area contributed by atoms with Gasteiger partial charge in [0.05, 0.1) is 0 Å². The highest BCUT2D eigenvalue weighted by atomic mass is 14.9. The minimum absolute atomic E-state index is 0.657. The molecule has 1 aromatic heterocycles. The summed E-state index contributed by atoms with van der Waals surface area (Å²) in [6, 6.07) is 4.68. The van der Waals surface area contributed by atoms with Crippen LogP contribution < -0.4 is 11.1 Å². The molecule has 0 radical (unpaired) electrons. The van der Waals surface area contributed by atoms with E-state index in [-0.39, 0.29) is 0 Å². The fourth-order valence-corrected chi connectivity index (χ4v) is 2.09. The van der Waals surface area contributed by atoms with Crippen molar-refractivity contribution in [2.24, 2.45) is 5.92 Å². The van der Waals surface area contributed by atoms with Gasteiger partial charge in [0.25, 0.3) is 0 Å². The Morgan fingerprint density at radius 3 is 3.00 bits per heavy atom. The lowest BCUT2D eigenvalue weighted by atomic mass is 10.0. The maximum atomic E-state index is 5.81. The van der Waals surface area contributed by atoms with Crippen molar-refractivity contribution < 1.29 is 0 Å². The summed E-state index contributed by atoms with van der Waals surface area (Å²) < 4.78 is 0. The molecule has 1 atom stereocenters. The van der Waals surface area contributed by atoms with Crippen LogP contribution in [0.25, 0.3) is 0 Å². The van der Waals surface area contributed by atoms with E-state index < -0.39 is 0 Å². The van der Waals surface area contributed by atoms with E-state index in [9.17, 15) is 0 Å². The lowest BCUT2D eigenvalue weighted by Gasteiger charge is -2.15. The van der Waals surface area contributed by atoms with Crippen molar-refractivity contribution in [3.8, 4) is 0 Å². The van der Waals surface area contributed by atoms with Gasteiger partial charge in [0.1, 0.15) is 5.82 Å². The van der Waals surface area contributed by atoms with Crippen molar-refractivity contribution in [1.82, 2.24) is 10.3 Å². The number of aryl methyl sites for hydroxylation is 1. The van der Waals surface area contributed by atoms with Gasteiger partial charge in [-0.15, -0.1) is 0 Å². The summed E-state index contributed by atoms with van der Waals surface area (Å²) in [6.07, 6.45) is 6.70. The predicted octanol–water partition coefficient (Wildman–Crippen LogP) is 1.59. The summed E-state index contributed by atoms with van der Waals surface area (Å²) in [5.74, 6) is 1.58. The second-order valence-electron chi connectivity index (χ2n) is 4.32. The van der Waals surface area contributed by atoms with Gasteiger partial charge in [-0.2, -0.15) is 0 Å². The number of aromatic nitrogens is 1. The Hall–Kier alpha value is -1.09. The van der Waals surface area contributed by atoms with Crippen molar-refractivity contribution in [2.45, 2.75) is 31.7 Å². The Morgan fingerprint density at radius 1 is 1.60 bits per heavy atom. The third-order valence-corrected chi connectivity index (χ3v) is 3.21. The number of nitrogen functional groups attached to an aromatic ring is 1. The van der Waals surface area contributed by atoms with Crippen molar-refractivity contribution in [3.63, 3.8) is 0 Å². The van der Waals surface area contributed by atoms with Crippen molar-refractivity contribution >= 4 is 5.82 Å².